The highest BCUT2D eigenvalue weighted by Crippen LogP contribution is 2.43. The summed E-state index contributed by atoms with van der Waals surface area (Å²) >= 11 is 3.25. The lowest BCUT2D eigenvalue weighted by Crippen LogP contribution is -2.57. The molecule has 8 heteroatoms. The molecular formula is C24H41BrO5Si2. The molecular weight excluding hydrogens is 504 g/mol. The maximum atomic E-state index is 11.9. The van der Waals surface area contributed by atoms with E-state index in [1.165, 1.54) is 18.2 Å². The quantitative estimate of drug-likeness (QED) is 0.416. The van der Waals surface area contributed by atoms with Gasteiger partial charge in [-0.05, 0) is 83.4 Å². The van der Waals surface area contributed by atoms with Crippen molar-refractivity contribution < 1.29 is 23.5 Å². The van der Waals surface area contributed by atoms with E-state index in [0.717, 1.165) is 0 Å². The molecule has 182 valence electrons. The van der Waals surface area contributed by atoms with Crippen molar-refractivity contribution in [1.29, 1.82) is 0 Å². The molecule has 0 fully saturated rings. The molecule has 0 bridgehead atoms. The summed E-state index contributed by atoms with van der Waals surface area (Å²) in [5, 5.41) is 11.4. The minimum atomic E-state index is -2.16. The maximum Gasteiger partial charge on any atom is 0.193 e. The summed E-state index contributed by atoms with van der Waals surface area (Å²) in [7, 11) is -4.27. The first kappa shape index (κ1) is 27.7. The average molecular weight is 546 g/mol. The summed E-state index contributed by atoms with van der Waals surface area (Å²) in [6, 6.07) is 0. The van der Waals surface area contributed by atoms with Gasteiger partial charge in [-0.2, -0.15) is 0 Å². The number of rotatable bonds is 5. The van der Waals surface area contributed by atoms with Gasteiger partial charge in [-0.1, -0.05) is 41.5 Å². The maximum absolute atomic E-state index is 11.9. The van der Waals surface area contributed by atoms with Crippen molar-refractivity contribution in [2.75, 3.05) is 0 Å². The van der Waals surface area contributed by atoms with Crippen molar-refractivity contribution >= 4 is 38.3 Å². The molecule has 1 heterocycles. The van der Waals surface area contributed by atoms with E-state index in [0.29, 0.717) is 10.2 Å². The molecule has 1 unspecified atom stereocenters. The van der Waals surface area contributed by atoms with Crippen molar-refractivity contribution in [3.8, 4) is 0 Å². The molecule has 1 aliphatic heterocycles. The molecule has 0 amide bonds. The molecule has 0 aromatic heterocycles. The molecule has 0 saturated heterocycles. The number of allylic oxidation sites excluding steroid dienone is 2. The standard InChI is InChI=1S/C24H41BrO5Si2/c1-16-21(30-32(10,11)23(5,6)7)19(29-31(8,9)22(2,3)4)14-20(28-16)24(27)13-12-18(26)17(25)15-24/h12-16,19,21,27H,1-11H3/t16-,19-,21-,24?/m0/s1. The van der Waals surface area contributed by atoms with Gasteiger partial charge in [0.1, 0.15) is 18.0 Å². The first-order valence-electron chi connectivity index (χ1n) is 11.3. The molecule has 4 atom stereocenters. The summed E-state index contributed by atoms with van der Waals surface area (Å²) < 4.78 is 20.2. The van der Waals surface area contributed by atoms with Gasteiger partial charge >= 0.3 is 0 Å². The van der Waals surface area contributed by atoms with Crippen LogP contribution in [0.1, 0.15) is 48.5 Å². The Labute approximate surface area is 204 Å². The monoisotopic (exact) mass is 544 g/mol. The zero-order valence-corrected chi connectivity index (χ0v) is 25.1. The molecule has 32 heavy (non-hydrogen) atoms. The van der Waals surface area contributed by atoms with E-state index in [9.17, 15) is 9.90 Å². The van der Waals surface area contributed by atoms with Crippen LogP contribution >= 0.6 is 15.9 Å². The van der Waals surface area contributed by atoms with Crippen LogP contribution < -0.4 is 0 Å². The van der Waals surface area contributed by atoms with E-state index in [1.54, 1.807) is 0 Å². The van der Waals surface area contributed by atoms with E-state index in [1.807, 2.05) is 13.0 Å². The lowest BCUT2D eigenvalue weighted by molar-refractivity contribution is -0.111. The van der Waals surface area contributed by atoms with Crippen molar-refractivity contribution in [2.45, 2.75) is 109 Å². The van der Waals surface area contributed by atoms with Gasteiger partial charge < -0.3 is 18.7 Å². The number of ether oxygens (including phenoxy) is 1. The van der Waals surface area contributed by atoms with Crippen LogP contribution in [-0.2, 0) is 18.4 Å². The van der Waals surface area contributed by atoms with Crippen molar-refractivity contribution in [2.24, 2.45) is 0 Å². The number of carbonyl (C=O) groups excluding carboxylic acids is 1. The lowest BCUT2D eigenvalue weighted by Gasteiger charge is -2.48. The van der Waals surface area contributed by atoms with Crippen LogP contribution in [0.4, 0.5) is 0 Å². The minimum Gasteiger partial charge on any atom is -0.489 e. The Morgan fingerprint density at radius 3 is 2.00 bits per heavy atom. The molecule has 1 N–H and O–H groups in total. The van der Waals surface area contributed by atoms with E-state index in [4.69, 9.17) is 13.6 Å². The van der Waals surface area contributed by atoms with Crippen LogP contribution in [0.3, 0.4) is 0 Å². The van der Waals surface area contributed by atoms with Crippen molar-refractivity contribution in [3.05, 3.63) is 34.5 Å². The Morgan fingerprint density at radius 2 is 1.53 bits per heavy atom. The van der Waals surface area contributed by atoms with Crippen LogP contribution in [0.25, 0.3) is 0 Å². The first-order valence-corrected chi connectivity index (χ1v) is 17.9. The van der Waals surface area contributed by atoms with Gasteiger partial charge in [0.15, 0.2) is 28.0 Å². The first-order chi connectivity index (χ1) is 14.2. The van der Waals surface area contributed by atoms with Crippen LogP contribution in [-0.4, -0.2) is 51.4 Å². The number of halogens is 1. The molecule has 0 saturated carbocycles. The summed E-state index contributed by atoms with van der Waals surface area (Å²) in [5.41, 5.74) is -1.52. The summed E-state index contributed by atoms with van der Waals surface area (Å²) in [5.74, 6) is 0.178. The fourth-order valence-electron chi connectivity index (χ4n) is 3.09. The minimum absolute atomic E-state index is 0.0149. The molecule has 2 rings (SSSR count). The highest BCUT2D eigenvalue weighted by Gasteiger charge is 2.49. The molecule has 0 aromatic carbocycles. The molecule has 1 aliphatic carbocycles. The Morgan fingerprint density at radius 1 is 1.03 bits per heavy atom. The van der Waals surface area contributed by atoms with Gasteiger partial charge in [0, 0.05) is 0 Å². The third-order valence-electron chi connectivity index (χ3n) is 7.35. The fourth-order valence-corrected chi connectivity index (χ4v) is 6.17. The normalized spacial score (nSPS) is 30.0. The summed E-state index contributed by atoms with van der Waals surface area (Å²) in [4.78, 5) is 11.9. The fraction of sp³-hybridized carbons (Fsp3) is 0.708. The third kappa shape index (κ3) is 5.75. The van der Waals surface area contributed by atoms with Gasteiger partial charge in [0.2, 0.25) is 0 Å². The zero-order valence-electron chi connectivity index (χ0n) is 21.5. The average Bonchev–Trinajstić information content (AvgIpc) is 2.59. The predicted molar refractivity (Wildman–Crippen MR) is 139 cm³/mol. The second-order valence-corrected chi connectivity index (χ2v) is 22.4. The number of hydrogen-bond donors (Lipinski definition) is 1. The lowest BCUT2D eigenvalue weighted by atomic mass is 9.91. The van der Waals surface area contributed by atoms with Crippen LogP contribution in [0.2, 0.25) is 36.3 Å². The number of hydrogen-bond acceptors (Lipinski definition) is 5. The van der Waals surface area contributed by atoms with Gasteiger partial charge in [0.05, 0.1) is 10.6 Å². The molecule has 2 aliphatic rings. The highest BCUT2D eigenvalue weighted by atomic mass is 79.9. The summed E-state index contributed by atoms with van der Waals surface area (Å²) in [6.45, 7) is 24.1. The van der Waals surface area contributed by atoms with Gasteiger partial charge in [-0.25, -0.2) is 0 Å². The largest absolute Gasteiger partial charge is 0.489 e. The SMILES string of the molecule is C[C@@H]1OC(C2(O)C=CC(=O)C(Br)=C2)=C[C@H](O[Si](C)(C)C(C)(C)C)[C@H]1O[Si](C)(C)C(C)(C)C. The van der Waals surface area contributed by atoms with Crippen LogP contribution in [0.15, 0.2) is 34.5 Å². The Hall–Kier alpha value is -0.516. The van der Waals surface area contributed by atoms with E-state index in [-0.39, 0.29) is 34.2 Å². The molecule has 0 radical (unpaired) electrons. The van der Waals surface area contributed by atoms with Crippen molar-refractivity contribution in [1.82, 2.24) is 0 Å². The van der Waals surface area contributed by atoms with E-state index >= 15 is 0 Å². The molecule has 0 spiro atoms. The van der Waals surface area contributed by atoms with Crippen molar-refractivity contribution in [3.63, 3.8) is 0 Å². The summed E-state index contributed by atoms with van der Waals surface area (Å²) in [6.07, 6.45) is 5.17. The Balaban J connectivity index is 2.52. The molecule has 0 aromatic rings. The van der Waals surface area contributed by atoms with Gasteiger partial charge in [-0.15, -0.1) is 0 Å². The van der Waals surface area contributed by atoms with Crippen LogP contribution in [0, 0.1) is 0 Å². The topological polar surface area (TPSA) is 65.0 Å². The second kappa shape index (κ2) is 8.93. The van der Waals surface area contributed by atoms with Crippen LogP contribution in [0.5, 0.6) is 0 Å². The van der Waals surface area contributed by atoms with Gasteiger partial charge in [-0.3, -0.25) is 4.79 Å². The number of aliphatic hydroxyl groups is 1. The number of ketones is 1. The van der Waals surface area contributed by atoms with E-state index in [2.05, 4.69) is 83.7 Å². The third-order valence-corrected chi connectivity index (χ3v) is 16.9. The molecule has 5 nitrogen and oxygen atoms in total. The second-order valence-electron chi connectivity index (χ2n) is 12.1. The number of carbonyl (C=O) groups is 1. The zero-order chi connectivity index (χ0) is 24.9. The Kier molecular flexibility index (Phi) is 7.73. The predicted octanol–water partition coefficient (Wildman–Crippen LogP) is 6.22. The van der Waals surface area contributed by atoms with E-state index < -0.39 is 22.2 Å². The van der Waals surface area contributed by atoms with Gasteiger partial charge in [0.25, 0.3) is 0 Å². The smallest absolute Gasteiger partial charge is 0.193 e. The Bertz CT molecular complexity index is 832. The highest BCUT2D eigenvalue weighted by molar-refractivity contribution is 9.12.